The number of hydrogen-bond acceptors (Lipinski definition) is 5. The molecule has 27 heavy (non-hydrogen) atoms. The molecule has 0 unspecified atom stereocenters. The first kappa shape index (κ1) is 18.5. The SMILES string of the molecule is Cl.Nc1nc2c(ncn2CCc2ccc(Oc3ccccc3)cc2)c(=O)[nH]1. The maximum Gasteiger partial charge on any atom is 0.280 e. The van der Waals surface area contributed by atoms with E-state index in [4.69, 9.17) is 10.5 Å². The molecule has 3 N–H and O–H groups in total. The van der Waals surface area contributed by atoms with Gasteiger partial charge in [-0.1, -0.05) is 30.3 Å². The second kappa shape index (κ2) is 7.92. The Labute approximate surface area is 161 Å². The van der Waals surface area contributed by atoms with Crippen molar-refractivity contribution in [1.82, 2.24) is 19.5 Å². The number of nitrogens with one attached hydrogen (secondary N) is 1. The number of nitrogen functional groups attached to an aromatic ring is 1. The highest BCUT2D eigenvalue weighted by Crippen LogP contribution is 2.21. The molecule has 4 rings (SSSR count). The molecule has 0 amide bonds. The Balaban J connectivity index is 0.00000210. The molecular weight excluding hydrogens is 366 g/mol. The standard InChI is InChI=1S/C19H17N5O2.ClH/c20-19-22-17-16(18(25)23-19)21-12-24(17)11-10-13-6-8-15(9-7-13)26-14-4-2-1-3-5-14;/h1-9,12H,10-11H2,(H3,20,22,23,25);1H. The van der Waals surface area contributed by atoms with E-state index in [0.717, 1.165) is 23.5 Å². The zero-order valence-electron chi connectivity index (χ0n) is 14.3. The minimum absolute atomic E-state index is 0. The summed E-state index contributed by atoms with van der Waals surface area (Å²) in [5, 5.41) is 0. The van der Waals surface area contributed by atoms with Crippen LogP contribution in [0.2, 0.25) is 0 Å². The van der Waals surface area contributed by atoms with Crippen LogP contribution < -0.4 is 16.0 Å². The Morgan fingerprint density at radius 1 is 1.04 bits per heavy atom. The van der Waals surface area contributed by atoms with Gasteiger partial charge in [-0.15, -0.1) is 12.4 Å². The molecule has 0 aliphatic rings. The molecule has 0 atom stereocenters. The van der Waals surface area contributed by atoms with Crippen LogP contribution in [0.4, 0.5) is 5.95 Å². The van der Waals surface area contributed by atoms with E-state index >= 15 is 0 Å². The molecule has 2 heterocycles. The second-order valence-electron chi connectivity index (χ2n) is 5.87. The van der Waals surface area contributed by atoms with Gasteiger partial charge in [-0.25, -0.2) is 4.98 Å². The number of aromatic amines is 1. The number of para-hydroxylation sites is 1. The van der Waals surface area contributed by atoms with Crippen LogP contribution in [0, 0.1) is 0 Å². The van der Waals surface area contributed by atoms with E-state index in [2.05, 4.69) is 15.0 Å². The highest BCUT2D eigenvalue weighted by atomic mass is 35.5. The summed E-state index contributed by atoms with van der Waals surface area (Å²) >= 11 is 0. The zero-order chi connectivity index (χ0) is 17.9. The van der Waals surface area contributed by atoms with E-state index in [-0.39, 0.29) is 23.9 Å². The fraction of sp³-hybridized carbons (Fsp3) is 0.105. The smallest absolute Gasteiger partial charge is 0.280 e. The highest BCUT2D eigenvalue weighted by molar-refractivity contribution is 5.85. The summed E-state index contributed by atoms with van der Waals surface area (Å²) in [6.07, 6.45) is 2.38. The summed E-state index contributed by atoms with van der Waals surface area (Å²) in [5.41, 5.74) is 7.23. The van der Waals surface area contributed by atoms with Crippen LogP contribution in [0.5, 0.6) is 11.5 Å². The van der Waals surface area contributed by atoms with Crippen LogP contribution in [-0.2, 0) is 13.0 Å². The van der Waals surface area contributed by atoms with E-state index in [0.29, 0.717) is 17.7 Å². The topological polar surface area (TPSA) is 98.8 Å². The molecular formula is C19H18ClN5O2. The summed E-state index contributed by atoms with van der Waals surface area (Å²) < 4.78 is 7.62. The average Bonchev–Trinajstić information content (AvgIpc) is 3.05. The number of H-pyrrole nitrogens is 1. The number of ether oxygens (including phenoxy) is 1. The maximum absolute atomic E-state index is 11.8. The van der Waals surface area contributed by atoms with Gasteiger partial charge in [0.2, 0.25) is 5.95 Å². The van der Waals surface area contributed by atoms with Crippen LogP contribution >= 0.6 is 12.4 Å². The van der Waals surface area contributed by atoms with Gasteiger partial charge in [-0.3, -0.25) is 9.78 Å². The highest BCUT2D eigenvalue weighted by Gasteiger charge is 2.09. The van der Waals surface area contributed by atoms with Crippen LogP contribution in [0.3, 0.4) is 0 Å². The Morgan fingerprint density at radius 2 is 1.74 bits per heavy atom. The lowest BCUT2D eigenvalue weighted by Gasteiger charge is -2.07. The third-order valence-electron chi connectivity index (χ3n) is 4.04. The Bertz CT molecular complexity index is 1090. The quantitative estimate of drug-likeness (QED) is 0.551. The third-order valence-corrected chi connectivity index (χ3v) is 4.04. The van der Waals surface area contributed by atoms with Crippen molar-refractivity contribution in [3.63, 3.8) is 0 Å². The van der Waals surface area contributed by atoms with Crippen molar-refractivity contribution in [2.24, 2.45) is 0 Å². The van der Waals surface area contributed by atoms with Gasteiger partial charge in [0.25, 0.3) is 5.56 Å². The normalized spacial score (nSPS) is 10.5. The molecule has 0 aliphatic heterocycles. The molecule has 8 heteroatoms. The van der Waals surface area contributed by atoms with Crippen molar-refractivity contribution in [1.29, 1.82) is 0 Å². The number of nitrogens with two attached hydrogens (primary N) is 1. The number of halogens is 1. The van der Waals surface area contributed by atoms with E-state index in [9.17, 15) is 4.79 Å². The van der Waals surface area contributed by atoms with E-state index in [1.54, 1.807) is 6.33 Å². The van der Waals surface area contributed by atoms with Crippen molar-refractivity contribution in [3.8, 4) is 11.5 Å². The monoisotopic (exact) mass is 383 g/mol. The maximum atomic E-state index is 11.8. The largest absolute Gasteiger partial charge is 0.457 e. The number of nitrogens with zero attached hydrogens (tertiary/aromatic N) is 3. The molecule has 2 aromatic carbocycles. The van der Waals surface area contributed by atoms with Crippen molar-refractivity contribution in [3.05, 3.63) is 76.8 Å². The number of aryl methyl sites for hydroxylation is 2. The summed E-state index contributed by atoms with van der Waals surface area (Å²) in [6, 6.07) is 17.6. The van der Waals surface area contributed by atoms with E-state index in [1.807, 2.05) is 59.2 Å². The molecule has 0 radical (unpaired) electrons. The molecule has 7 nitrogen and oxygen atoms in total. The molecule has 0 bridgehead atoms. The first-order valence-corrected chi connectivity index (χ1v) is 8.21. The number of imidazole rings is 1. The van der Waals surface area contributed by atoms with E-state index in [1.165, 1.54) is 0 Å². The van der Waals surface area contributed by atoms with Crippen LogP contribution in [0.15, 0.2) is 65.7 Å². The Kier molecular flexibility index (Phi) is 5.42. The zero-order valence-corrected chi connectivity index (χ0v) is 15.1. The molecule has 0 spiro atoms. The lowest BCUT2D eigenvalue weighted by molar-refractivity contribution is 0.482. The van der Waals surface area contributed by atoms with Crippen LogP contribution in [-0.4, -0.2) is 19.5 Å². The van der Waals surface area contributed by atoms with Gasteiger partial charge in [0, 0.05) is 6.54 Å². The fourth-order valence-corrected chi connectivity index (χ4v) is 2.73. The molecule has 138 valence electrons. The van der Waals surface area contributed by atoms with Gasteiger partial charge < -0.3 is 15.0 Å². The number of rotatable bonds is 5. The van der Waals surface area contributed by atoms with Gasteiger partial charge in [0.15, 0.2) is 11.2 Å². The Hall–Kier alpha value is -3.32. The lowest BCUT2D eigenvalue weighted by Crippen LogP contribution is -2.12. The number of benzene rings is 2. The first-order chi connectivity index (χ1) is 12.7. The van der Waals surface area contributed by atoms with Crippen molar-refractivity contribution in [2.75, 3.05) is 5.73 Å². The van der Waals surface area contributed by atoms with Crippen LogP contribution in [0.1, 0.15) is 5.56 Å². The summed E-state index contributed by atoms with van der Waals surface area (Å²) in [6.45, 7) is 0.644. The van der Waals surface area contributed by atoms with Gasteiger partial charge in [-0.05, 0) is 36.2 Å². The lowest BCUT2D eigenvalue weighted by atomic mass is 10.1. The Morgan fingerprint density at radius 3 is 2.48 bits per heavy atom. The minimum Gasteiger partial charge on any atom is -0.457 e. The van der Waals surface area contributed by atoms with Crippen molar-refractivity contribution < 1.29 is 4.74 Å². The second-order valence-corrected chi connectivity index (χ2v) is 5.87. The molecule has 2 aromatic heterocycles. The minimum atomic E-state index is -0.325. The summed E-state index contributed by atoms with van der Waals surface area (Å²) in [5.74, 6) is 1.68. The summed E-state index contributed by atoms with van der Waals surface area (Å²) in [7, 11) is 0. The van der Waals surface area contributed by atoms with E-state index < -0.39 is 0 Å². The third kappa shape index (κ3) is 4.09. The molecule has 0 saturated heterocycles. The number of anilines is 1. The fourth-order valence-electron chi connectivity index (χ4n) is 2.73. The van der Waals surface area contributed by atoms with Crippen LogP contribution in [0.25, 0.3) is 11.2 Å². The predicted molar refractivity (Wildman–Crippen MR) is 106 cm³/mol. The van der Waals surface area contributed by atoms with Gasteiger partial charge in [-0.2, -0.15) is 4.98 Å². The van der Waals surface area contributed by atoms with Gasteiger partial charge >= 0.3 is 0 Å². The van der Waals surface area contributed by atoms with Gasteiger partial charge in [0.05, 0.1) is 6.33 Å². The molecule has 0 aliphatic carbocycles. The number of aromatic nitrogens is 4. The van der Waals surface area contributed by atoms with Crippen molar-refractivity contribution >= 4 is 29.5 Å². The molecule has 0 saturated carbocycles. The number of hydrogen-bond donors (Lipinski definition) is 2. The first-order valence-electron chi connectivity index (χ1n) is 8.21. The molecule has 0 fully saturated rings. The summed E-state index contributed by atoms with van der Waals surface area (Å²) in [4.78, 5) is 22.5. The predicted octanol–water partition coefficient (Wildman–Crippen LogP) is 3.16. The van der Waals surface area contributed by atoms with Gasteiger partial charge in [0.1, 0.15) is 11.5 Å². The molecule has 4 aromatic rings. The number of fused-ring (bicyclic) bond motifs is 1. The van der Waals surface area contributed by atoms with Crippen molar-refractivity contribution in [2.45, 2.75) is 13.0 Å². The average molecular weight is 384 g/mol.